The predicted molar refractivity (Wildman–Crippen MR) is 118 cm³/mol. The largest absolute Gasteiger partial charge is 0.431 e. The number of hydrogen-bond acceptors (Lipinski definition) is 5. The maximum atomic E-state index is 12.6. The zero-order chi connectivity index (χ0) is 20.9. The first kappa shape index (κ1) is 20.6. The number of nitrogens with one attached hydrogen (secondary N) is 1. The van der Waals surface area contributed by atoms with Gasteiger partial charge in [-0.15, -0.1) is 0 Å². The average molecular weight is 445 g/mol. The lowest BCUT2D eigenvalue weighted by Gasteiger charge is -2.22. The highest BCUT2D eigenvalue weighted by Crippen LogP contribution is 2.23. The molecule has 2 aromatic carbocycles. The standard InChI is InChI=1S/C21H21ClN4O3S/c22-15-5-3-6-16(13-15)23-20(28)26-10-4-9-25(11-12-26)19(27)14-30-21-24-17-7-1-2-8-18(17)29-21/h1-3,5-8,13H,4,9-12,14H2,(H,23,28). The van der Waals surface area contributed by atoms with Crippen LogP contribution in [0.3, 0.4) is 0 Å². The number of fused-ring (bicyclic) bond motifs is 1. The first-order valence-electron chi connectivity index (χ1n) is 9.66. The van der Waals surface area contributed by atoms with Crippen molar-refractivity contribution >= 4 is 52.1 Å². The van der Waals surface area contributed by atoms with Crippen LogP contribution in [-0.2, 0) is 4.79 Å². The van der Waals surface area contributed by atoms with E-state index in [9.17, 15) is 9.59 Å². The minimum Gasteiger partial charge on any atom is -0.431 e. The molecule has 2 heterocycles. The van der Waals surface area contributed by atoms with Crippen LogP contribution in [0.2, 0.25) is 5.02 Å². The number of hydrogen-bond donors (Lipinski definition) is 1. The van der Waals surface area contributed by atoms with Crippen molar-refractivity contribution < 1.29 is 14.0 Å². The summed E-state index contributed by atoms with van der Waals surface area (Å²) in [5.74, 6) is 0.265. The number of anilines is 1. The van der Waals surface area contributed by atoms with E-state index in [2.05, 4.69) is 10.3 Å². The second kappa shape index (κ2) is 9.40. The Labute approximate surface area is 183 Å². The molecule has 4 rings (SSSR count). The average Bonchev–Trinajstić information content (AvgIpc) is 2.99. The lowest BCUT2D eigenvalue weighted by molar-refractivity contribution is -0.128. The van der Waals surface area contributed by atoms with Crippen molar-refractivity contribution in [2.75, 3.05) is 37.2 Å². The van der Waals surface area contributed by atoms with Gasteiger partial charge in [0.15, 0.2) is 5.58 Å². The number of halogens is 1. The molecule has 0 saturated carbocycles. The van der Waals surface area contributed by atoms with Crippen molar-refractivity contribution in [3.05, 3.63) is 53.6 Å². The van der Waals surface area contributed by atoms with Crippen molar-refractivity contribution in [3.8, 4) is 0 Å². The van der Waals surface area contributed by atoms with Crippen molar-refractivity contribution in [1.29, 1.82) is 0 Å². The summed E-state index contributed by atoms with van der Waals surface area (Å²) in [7, 11) is 0. The number of amides is 3. The highest BCUT2D eigenvalue weighted by atomic mass is 35.5. The first-order valence-corrected chi connectivity index (χ1v) is 11.0. The number of rotatable bonds is 4. The number of benzene rings is 2. The third-order valence-corrected chi connectivity index (χ3v) is 5.85. The summed E-state index contributed by atoms with van der Waals surface area (Å²) in [5.41, 5.74) is 2.14. The molecule has 3 amide bonds. The fourth-order valence-corrected chi connectivity index (χ4v) is 4.20. The van der Waals surface area contributed by atoms with Gasteiger partial charge in [-0.3, -0.25) is 4.79 Å². The van der Waals surface area contributed by atoms with Crippen LogP contribution in [0.15, 0.2) is 58.2 Å². The fraction of sp³-hybridized carbons (Fsp3) is 0.286. The summed E-state index contributed by atoms with van der Waals surface area (Å²) in [4.78, 5) is 33.1. The maximum absolute atomic E-state index is 12.6. The van der Waals surface area contributed by atoms with Crippen molar-refractivity contribution in [2.45, 2.75) is 11.6 Å². The van der Waals surface area contributed by atoms with E-state index in [0.717, 1.165) is 11.9 Å². The van der Waals surface area contributed by atoms with Gasteiger partial charge in [-0.05, 0) is 36.8 Å². The lowest BCUT2D eigenvalue weighted by Crippen LogP contribution is -2.39. The number of para-hydroxylation sites is 2. The number of urea groups is 1. The molecule has 7 nitrogen and oxygen atoms in total. The van der Waals surface area contributed by atoms with Crippen LogP contribution in [0.4, 0.5) is 10.5 Å². The molecule has 1 aliphatic rings. The summed E-state index contributed by atoms with van der Waals surface area (Å²) >= 11 is 7.26. The van der Waals surface area contributed by atoms with Crippen LogP contribution >= 0.6 is 23.4 Å². The molecule has 1 N–H and O–H groups in total. The highest BCUT2D eigenvalue weighted by Gasteiger charge is 2.22. The van der Waals surface area contributed by atoms with Gasteiger partial charge in [-0.2, -0.15) is 0 Å². The Morgan fingerprint density at radius 3 is 2.70 bits per heavy atom. The molecule has 0 bridgehead atoms. The van der Waals surface area contributed by atoms with Gasteiger partial charge in [0, 0.05) is 36.9 Å². The summed E-state index contributed by atoms with van der Waals surface area (Å²) < 4.78 is 5.65. The zero-order valence-corrected chi connectivity index (χ0v) is 17.8. The number of oxazole rings is 1. The molecule has 3 aromatic rings. The van der Waals surface area contributed by atoms with Crippen LogP contribution in [0.1, 0.15) is 6.42 Å². The Hall–Kier alpha value is -2.71. The number of thioether (sulfide) groups is 1. The predicted octanol–water partition coefficient (Wildman–Crippen LogP) is 4.34. The molecule has 0 unspecified atom stereocenters. The molecule has 9 heteroatoms. The lowest BCUT2D eigenvalue weighted by atomic mass is 10.3. The van der Waals surface area contributed by atoms with Crippen molar-refractivity contribution in [1.82, 2.24) is 14.8 Å². The smallest absolute Gasteiger partial charge is 0.321 e. The van der Waals surface area contributed by atoms with E-state index in [1.165, 1.54) is 11.8 Å². The second-order valence-electron chi connectivity index (χ2n) is 6.90. The van der Waals surface area contributed by atoms with Gasteiger partial charge in [0.25, 0.3) is 5.22 Å². The molecular formula is C21H21ClN4O3S. The molecule has 0 radical (unpaired) electrons. The normalized spacial score (nSPS) is 14.6. The number of carbonyl (C=O) groups is 2. The van der Waals surface area contributed by atoms with E-state index in [-0.39, 0.29) is 17.7 Å². The van der Waals surface area contributed by atoms with Crippen molar-refractivity contribution in [3.63, 3.8) is 0 Å². The van der Waals surface area contributed by atoms with Gasteiger partial charge in [0.05, 0.1) is 5.75 Å². The Kier molecular flexibility index (Phi) is 6.44. The molecule has 0 aliphatic carbocycles. The van der Waals surface area contributed by atoms with Crippen LogP contribution in [0.5, 0.6) is 0 Å². The Bertz CT molecular complexity index is 1020. The molecule has 156 valence electrons. The van der Waals surface area contributed by atoms with E-state index >= 15 is 0 Å². The third kappa shape index (κ3) is 5.06. The van der Waals surface area contributed by atoms with Crippen molar-refractivity contribution in [2.24, 2.45) is 0 Å². The van der Waals surface area contributed by atoms with Gasteiger partial charge >= 0.3 is 6.03 Å². The summed E-state index contributed by atoms with van der Waals surface area (Å²) in [6.07, 6.45) is 0.724. The third-order valence-electron chi connectivity index (χ3n) is 4.81. The molecule has 1 fully saturated rings. The maximum Gasteiger partial charge on any atom is 0.321 e. The summed E-state index contributed by atoms with van der Waals surface area (Å²) in [6, 6.07) is 14.4. The first-order chi connectivity index (χ1) is 14.6. The minimum absolute atomic E-state index is 0.0133. The zero-order valence-electron chi connectivity index (χ0n) is 16.2. The van der Waals surface area contributed by atoms with Gasteiger partial charge in [0.1, 0.15) is 5.52 Å². The second-order valence-corrected chi connectivity index (χ2v) is 8.26. The van der Waals surface area contributed by atoms with Crippen LogP contribution < -0.4 is 5.32 Å². The van der Waals surface area contributed by atoms with Gasteiger partial charge in [-0.1, -0.05) is 41.6 Å². The van der Waals surface area contributed by atoms with E-state index in [4.69, 9.17) is 16.0 Å². The topological polar surface area (TPSA) is 78.7 Å². The Morgan fingerprint density at radius 2 is 1.87 bits per heavy atom. The van der Waals surface area contributed by atoms with Gasteiger partial charge < -0.3 is 19.5 Å². The molecule has 1 aromatic heterocycles. The number of nitrogens with zero attached hydrogens (tertiary/aromatic N) is 3. The molecule has 0 spiro atoms. The Morgan fingerprint density at radius 1 is 1.07 bits per heavy atom. The van der Waals surface area contributed by atoms with Crippen LogP contribution in [0.25, 0.3) is 11.1 Å². The van der Waals surface area contributed by atoms with Crippen LogP contribution in [0, 0.1) is 0 Å². The van der Waals surface area contributed by atoms with E-state index in [1.807, 2.05) is 24.3 Å². The molecule has 0 atom stereocenters. The number of aromatic nitrogens is 1. The fourth-order valence-electron chi connectivity index (χ4n) is 3.27. The molecule has 1 aliphatic heterocycles. The number of carbonyl (C=O) groups excluding carboxylic acids is 2. The molecule has 30 heavy (non-hydrogen) atoms. The van der Waals surface area contributed by atoms with Crippen LogP contribution in [-0.4, -0.2) is 58.7 Å². The highest BCUT2D eigenvalue weighted by molar-refractivity contribution is 7.99. The molecular weight excluding hydrogens is 424 g/mol. The van der Waals surface area contributed by atoms with Gasteiger partial charge in [-0.25, -0.2) is 9.78 Å². The monoisotopic (exact) mass is 444 g/mol. The minimum atomic E-state index is -0.188. The molecule has 1 saturated heterocycles. The quantitative estimate of drug-likeness (QED) is 0.605. The van der Waals surface area contributed by atoms with E-state index in [0.29, 0.717) is 47.7 Å². The summed E-state index contributed by atoms with van der Waals surface area (Å²) in [6.45, 7) is 2.18. The summed E-state index contributed by atoms with van der Waals surface area (Å²) in [5, 5.41) is 3.91. The van der Waals surface area contributed by atoms with E-state index < -0.39 is 0 Å². The van der Waals surface area contributed by atoms with E-state index in [1.54, 1.807) is 34.1 Å². The van der Waals surface area contributed by atoms with Gasteiger partial charge in [0.2, 0.25) is 5.91 Å². The Balaban J connectivity index is 1.28. The SMILES string of the molecule is O=C(CSc1nc2ccccc2o1)N1CCCN(C(=O)Nc2cccc(Cl)c2)CC1.